The highest BCUT2D eigenvalue weighted by molar-refractivity contribution is 7.99. The average molecular weight is 692 g/mol. The molecule has 0 saturated carbocycles. The quantitative estimate of drug-likeness (QED) is 0.109. The van der Waals surface area contributed by atoms with Gasteiger partial charge in [-0.1, -0.05) is 75.4 Å². The fourth-order valence-corrected chi connectivity index (χ4v) is 6.07. The van der Waals surface area contributed by atoms with Gasteiger partial charge in [0.1, 0.15) is 11.6 Å². The maximum Gasteiger partial charge on any atom is 0.228 e. The molecule has 0 radical (unpaired) electrons. The normalized spacial score (nSPS) is 18.7. The number of aliphatic hydroxyl groups excluding tert-OH is 3. The summed E-state index contributed by atoms with van der Waals surface area (Å²) in [6.07, 6.45) is 1.33. The molecule has 4 aromatic carbocycles. The third kappa shape index (κ3) is 12.6. The molecule has 4 aromatic rings. The number of carbonyl (C=O) groups excluding carboxylic acids is 1. The molecule has 2 aliphatic heterocycles. The number of anilines is 1. The zero-order valence-electron chi connectivity index (χ0n) is 28.8. The first-order valence-electron chi connectivity index (χ1n) is 16.9. The van der Waals surface area contributed by atoms with Crippen molar-refractivity contribution in [2.24, 2.45) is 0 Å². The van der Waals surface area contributed by atoms with Gasteiger partial charge in [0.05, 0.1) is 31.0 Å². The Morgan fingerprint density at radius 1 is 0.918 bits per heavy atom. The lowest BCUT2D eigenvalue weighted by molar-refractivity contribution is -0.122. The van der Waals surface area contributed by atoms with Gasteiger partial charge in [-0.3, -0.25) is 4.79 Å². The standard InChI is InChI=1S/C20H24O4S.C9H11FO.C9H9NO.C2H6/c1-13-2-3-15(8-20(13)23)14-4-6-19(7-5-14)25-12-18-10-16(22)9-17(11-21)24-18;1-2-9(11)7-3-5-8(10)6-4-7;11-9-6-7-10(9)8-4-2-1-3-5-8;1-2/h2-8,16-18,21-23H,9-12H2,1H3;3-6,9,11H,2H2,1H3;1-5H,6-7H2;1-2H3. The Labute approximate surface area is 294 Å². The van der Waals surface area contributed by atoms with Crippen molar-refractivity contribution in [3.63, 3.8) is 0 Å². The number of ether oxygens (including phenoxy) is 1. The Balaban J connectivity index is 0.000000223. The van der Waals surface area contributed by atoms with Crippen LogP contribution in [0.5, 0.6) is 5.75 Å². The number of para-hydroxylation sites is 1. The van der Waals surface area contributed by atoms with E-state index in [4.69, 9.17) is 4.74 Å². The molecule has 49 heavy (non-hydrogen) atoms. The van der Waals surface area contributed by atoms with E-state index >= 15 is 0 Å². The van der Waals surface area contributed by atoms with Gasteiger partial charge < -0.3 is 30.1 Å². The third-order valence-electron chi connectivity index (χ3n) is 8.05. The van der Waals surface area contributed by atoms with E-state index in [9.17, 15) is 29.6 Å². The molecule has 4 unspecified atom stereocenters. The van der Waals surface area contributed by atoms with E-state index in [0.717, 1.165) is 45.1 Å². The molecule has 1 amide bonds. The van der Waals surface area contributed by atoms with Crippen molar-refractivity contribution >= 4 is 23.4 Å². The fraction of sp³-hybridized carbons (Fsp3) is 0.375. The lowest BCUT2D eigenvalue weighted by atomic mass is 10.0. The van der Waals surface area contributed by atoms with Crippen LogP contribution in [-0.2, 0) is 9.53 Å². The molecule has 4 N–H and O–H groups in total. The van der Waals surface area contributed by atoms with Crippen LogP contribution in [0.3, 0.4) is 0 Å². The van der Waals surface area contributed by atoms with Crippen LogP contribution in [0.2, 0.25) is 0 Å². The average Bonchev–Trinajstić information content (AvgIpc) is 3.13. The highest BCUT2D eigenvalue weighted by atomic mass is 32.2. The van der Waals surface area contributed by atoms with Crippen LogP contribution in [0.4, 0.5) is 10.1 Å². The molecular formula is C40H50FNO6S. The molecule has 2 aliphatic rings. The number of β-lactam (4-membered cyclic amide) rings is 1. The van der Waals surface area contributed by atoms with Gasteiger partial charge in [0.15, 0.2) is 0 Å². The molecule has 264 valence electrons. The Morgan fingerprint density at radius 2 is 1.55 bits per heavy atom. The largest absolute Gasteiger partial charge is 0.508 e. The zero-order valence-corrected chi connectivity index (χ0v) is 29.7. The van der Waals surface area contributed by atoms with E-state index < -0.39 is 12.2 Å². The minimum Gasteiger partial charge on any atom is -0.508 e. The number of aliphatic hydroxyl groups is 3. The van der Waals surface area contributed by atoms with Gasteiger partial charge in [-0.05, 0) is 78.1 Å². The molecule has 7 nitrogen and oxygen atoms in total. The van der Waals surface area contributed by atoms with Crippen LogP contribution in [-0.4, -0.2) is 63.5 Å². The number of hydrogen-bond donors (Lipinski definition) is 4. The maximum atomic E-state index is 12.4. The number of amides is 1. The maximum absolute atomic E-state index is 12.4. The van der Waals surface area contributed by atoms with Crippen molar-refractivity contribution in [3.8, 4) is 16.9 Å². The van der Waals surface area contributed by atoms with Crippen molar-refractivity contribution in [1.82, 2.24) is 0 Å². The van der Waals surface area contributed by atoms with Crippen molar-refractivity contribution in [1.29, 1.82) is 0 Å². The first-order valence-corrected chi connectivity index (χ1v) is 17.9. The highest BCUT2D eigenvalue weighted by Gasteiger charge is 2.28. The number of carbonyl (C=O) groups is 1. The van der Waals surface area contributed by atoms with E-state index in [1.165, 1.54) is 12.1 Å². The summed E-state index contributed by atoms with van der Waals surface area (Å²) in [4.78, 5) is 13.9. The third-order valence-corrected chi connectivity index (χ3v) is 9.19. The zero-order chi connectivity index (χ0) is 35.8. The Morgan fingerprint density at radius 3 is 2.10 bits per heavy atom. The molecule has 6 rings (SSSR count). The first kappa shape index (κ1) is 39.7. The fourth-order valence-electron chi connectivity index (χ4n) is 5.15. The second-order valence-electron chi connectivity index (χ2n) is 11.6. The second-order valence-corrected chi connectivity index (χ2v) is 12.7. The van der Waals surface area contributed by atoms with E-state index in [1.807, 2.05) is 82.3 Å². The molecule has 9 heteroatoms. The molecule has 2 heterocycles. The number of rotatable bonds is 8. The molecule has 0 aromatic heterocycles. The van der Waals surface area contributed by atoms with Gasteiger partial charge in [0.2, 0.25) is 5.91 Å². The summed E-state index contributed by atoms with van der Waals surface area (Å²) in [6, 6.07) is 29.6. The van der Waals surface area contributed by atoms with E-state index in [2.05, 4.69) is 12.1 Å². The van der Waals surface area contributed by atoms with Crippen LogP contribution in [0.25, 0.3) is 11.1 Å². The monoisotopic (exact) mass is 691 g/mol. The summed E-state index contributed by atoms with van der Waals surface area (Å²) in [5, 5.41) is 38.2. The van der Waals surface area contributed by atoms with Crippen molar-refractivity contribution in [2.75, 3.05) is 23.8 Å². The number of thioether (sulfide) groups is 1. The molecular weight excluding hydrogens is 642 g/mol. The predicted molar refractivity (Wildman–Crippen MR) is 196 cm³/mol. The Kier molecular flexibility index (Phi) is 16.8. The number of phenols is 1. The molecule has 4 atom stereocenters. The number of phenolic OH excluding ortho intramolecular Hbond substituents is 1. The number of benzene rings is 4. The van der Waals surface area contributed by atoms with Crippen LogP contribution < -0.4 is 4.90 Å². The van der Waals surface area contributed by atoms with Crippen molar-refractivity contribution in [3.05, 3.63) is 114 Å². The minimum atomic E-state index is -0.462. The van der Waals surface area contributed by atoms with Gasteiger partial charge in [-0.2, -0.15) is 0 Å². The number of hydrogen-bond acceptors (Lipinski definition) is 7. The van der Waals surface area contributed by atoms with Gasteiger partial charge in [-0.15, -0.1) is 11.8 Å². The smallest absolute Gasteiger partial charge is 0.228 e. The summed E-state index contributed by atoms with van der Waals surface area (Å²) in [5.74, 6) is 1.02. The Bertz CT molecular complexity index is 1540. The number of halogens is 1. The summed E-state index contributed by atoms with van der Waals surface area (Å²) in [7, 11) is 0. The van der Waals surface area contributed by atoms with Gasteiger partial charge in [-0.25, -0.2) is 4.39 Å². The minimum absolute atomic E-state index is 0.0420. The van der Waals surface area contributed by atoms with Crippen LogP contribution in [0.1, 0.15) is 63.7 Å². The predicted octanol–water partition coefficient (Wildman–Crippen LogP) is 8.08. The van der Waals surface area contributed by atoms with Crippen LogP contribution in [0.15, 0.2) is 102 Å². The van der Waals surface area contributed by atoms with Crippen molar-refractivity contribution < 1.29 is 34.3 Å². The van der Waals surface area contributed by atoms with Crippen LogP contribution >= 0.6 is 11.8 Å². The van der Waals surface area contributed by atoms with E-state index in [-0.39, 0.29) is 30.5 Å². The lowest BCUT2D eigenvalue weighted by Crippen LogP contribution is -2.43. The van der Waals surface area contributed by atoms with Crippen molar-refractivity contribution in [2.45, 2.75) is 82.7 Å². The first-order chi connectivity index (χ1) is 23.7. The lowest BCUT2D eigenvalue weighted by Gasteiger charge is -2.32. The molecule has 2 fully saturated rings. The highest BCUT2D eigenvalue weighted by Crippen LogP contribution is 2.30. The summed E-state index contributed by atoms with van der Waals surface area (Å²) in [6.45, 7) is 8.59. The van der Waals surface area contributed by atoms with E-state index in [1.54, 1.807) is 34.9 Å². The number of aryl methyl sites for hydroxylation is 1. The summed E-state index contributed by atoms with van der Waals surface area (Å²) in [5.41, 5.74) is 4.71. The van der Waals surface area contributed by atoms with Gasteiger partial charge >= 0.3 is 0 Å². The molecule has 2 saturated heterocycles. The number of nitrogens with zero attached hydrogens (tertiary/aromatic N) is 1. The molecule has 0 aliphatic carbocycles. The van der Waals surface area contributed by atoms with Gasteiger partial charge in [0, 0.05) is 42.1 Å². The SMILES string of the molecule is CC.CCC(O)c1ccc(F)cc1.Cc1ccc(-c2ccc(SCC3CC(O)CC(CO)O3)cc2)cc1O.O=C1CCN1c1ccccc1. The van der Waals surface area contributed by atoms with Gasteiger partial charge in [0.25, 0.3) is 0 Å². The molecule has 0 spiro atoms. The second kappa shape index (κ2) is 20.7. The molecule has 0 bridgehead atoms. The van der Waals surface area contributed by atoms with E-state index in [0.29, 0.717) is 31.4 Å². The van der Waals surface area contributed by atoms with Crippen LogP contribution in [0, 0.1) is 12.7 Å². The Hall–Kier alpha value is -3.73. The summed E-state index contributed by atoms with van der Waals surface area (Å²) < 4.78 is 18.2. The number of aromatic hydroxyl groups is 1. The topological polar surface area (TPSA) is 110 Å². The summed E-state index contributed by atoms with van der Waals surface area (Å²) >= 11 is 1.68.